The van der Waals surface area contributed by atoms with E-state index in [1.165, 1.54) is 12.1 Å². The van der Waals surface area contributed by atoms with Crippen molar-refractivity contribution in [2.45, 2.75) is 19.3 Å². The van der Waals surface area contributed by atoms with Gasteiger partial charge in [-0.2, -0.15) is 18.2 Å². The summed E-state index contributed by atoms with van der Waals surface area (Å²) in [5.74, 6) is -2.61. The van der Waals surface area contributed by atoms with Crippen molar-refractivity contribution in [3.05, 3.63) is 144 Å². The van der Waals surface area contributed by atoms with Gasteiger partial charge in [-0.3, -0.25) is 9.97 Å². The molecule has 0 amide bonds. The van der Waals surface area contributed by atoms with Crippen LogP contribution >= 0.6 is 11.6 Å². The number of nitrogens with zero attached hydrogens (tertiary/aromatic N) is 4. The first kappa shape index (κ1) is 28.2. The maximum absolute atomic E-state index is 15.1. The van der Waals surface area contributed by atoms with E-state index in [1.807, 2.05) is 92.7 Å². The quantitative estimate of drug-likeness (QED) is 0.181. The predicted molar refractivity (Wildman–Crippen MR) is 163 cm³/mol. The van der Waals surface area contributed by atoms with Crippen molar-refractivity contribution in [2.24, 2.45) is 0 Å². The van der Waals surface area contributed by atoms with Crippen molar-refractivity contribution in [1.82, 2.24) is 19.9 Å². The van der Waals surface area contributed by atoms with Crippen LogP contribution in [0.25, 0.3) is 44.8 Å². The number of benzene rings is 2. The molecule has 212 valence electrons. The van der Waals surface area contributed by atoms with Crippen LogP contribution in [0.15, 0.2) is 109 Å². The monoisotopic (exact) mass is 592 g/mol. The minimum Gasteiger partial charge on any atom is -0.252 e. The number of rotatable bonds is 6. The van der Waals surface area contributed by atoms with Gasteiger partial charge in [-0.15, -0.1) is 0 Å². The Morgan fingerprint density at radius 3 is 1.44 bits per heavy atom. The summed E-state index contributed by atoms with van der Waals surface area (Å²) in [6.07, 6.45) is 0. The standard InChI is InChI=1S/C35H24ClF3N4/c1-35(2,29-19-23(21-9-5-3-6-10-21)17-27(40-29)25-13-15-31(36)42-33(25)38)30-20-24(22-11-7-4-8-12-22)18-28(41-30)26-14-16-32(37)43-34(26)39/h3-20H,1-2H3. The lowest BCUT2D eigenvalue weighted by Gasteiger charge is -2.26. The van der Waals surface area contributed by atoms with Gasteiger partial charge in [0, 0.05) is 5.41 Å². The first-order chi connectivity index (χ1) is 20.7. The maximum atomic E-state index is 15.1. The Morgan fingerprint density at radius 2 is 0.977 bits per heavy atom. The molecular weight excluding hydrogens is 569 g/mol. The summed E-state index contributed by atoms with van der Waals surface area (Å²) in [6.45, 7) is 3.90. The predicted octanol–water partition coefficient (Wildman–Crippen LogP) is 9.33. The smallest absolute Gasteiger partial charge is 0.224 e. The number of halogens is 4. The SMILES string of the molecule is CC(C)(c1cc(-c2ccccc2)cc(-c2ccc(F)nc2F)n1)c1cc(-c2ccccc2)cc(-c2ccc(Cl)nc2F)n1. The molecule has 0 saturated carbocycles. The van der Waals surface area contributed by atoms with Crippen LogP contribution in [0.3, 0.4) is 0 Å². The molecule has 0 bridgehead atoms. The van der Waals surface area contributed by atoms with Gasteiger partial charge in [0.25, 0.3) is 0 Å². The molecule has 0 radical (unpaired) electrons. The van der Waals surface area contributed by atoms with Crippen molar-refractivity contribution in [2.75, 3.05) is 0 Å². The zero-order valence-electron chi connectivity index (χ0n) is 23.2. The van der Waals surface area contributed by atoms with Crippen molar-refractivity contribution < 1.29 is 13.2 Å². The third-order valence-electron chi connectivity index (χ3n) is 7.33. The molecule has 4 heterocycles. The van der Waals surface area contributed by atoms with Gasteiger partial charge >= 0.3 is 0 Å². The minimum atomic E-state index is -0.960. The van der Waals surface area contributed by atoms with Gasteiger partial charge in [0.05, 0.1) is 33.9 Å². The Bertz CT molecular complexity index is 1810. The zero-order chi connectivity index (χ0) is 30.1. The summed E-state index contributed by atoms with van der Waals surface area (Å²) in [7, 11) is 0. The molecular formula is C35H24ClF3N4. The third-order valence-corrected chi connectivity index (χ3v) is 7.54. The maximum Gasteiger partial charge on any atom is 0.224 e. The molecule has 0 aliphatic heterocycles. The largest absolute Gasteiger partial charge is 0.252 e. The normalized spacial score (nSPS) is 11.5. The van der Waals surface area contributed by atoms with Crippen LogP contribution < -0.4 is 0 Å². The summed E-state index contributed by atoms with van der Waals surface area (Å²) < 4.78 is 43.7. The molecule has 0 aliphatic rings. The third kappa shape index (κ3) is 5.76. The topological polar surface area (TPSA) is 51.6 Å². The molecule has 43 heavy (non-hydrogen) atoms. The van der Waals surface area contributed by atoms with E-state index in [0.29, 0.717) is 22.8 Å². The minimum absolute atomic E-state index is 0.0398. The van der Waals surface area contributed by atoms with Gasteiger partial charge in [0.15, 0.2) is 0 Å². The van der Waals surface area contributed by atoms with Crippen molar-refractivity contribution in [3.63, 3.8) is 0 Å². The van der Waals surface area contributed by atoms with Crippen LogP contribution in [0, 0.1) is 17.8 Å². The van der Waals surface area contributed by atoms with Crippen LogP contribution in [0.4, 0.5) is 13.2 Å². The first-order valence-electron chi connectivity index (χ1n) is 13.5. The fourth-order valence-corrected chi connectivity index (χ4v) is 5.05. The Hall–Kier alpha value is -4.88. The van der Waals surface area contributed by atoms with Gasteiger partial charge in [0.1, 0.15) is 5.15 Å². The van der Waals surface area contributed by atoms with Crippen LogP contribution in [0.5, 0.6) is 0 Å². The van der Waals surface area contributed by atoms with E-state index in [2.05, 4.69) is 9.97 Å². The average molecular weight is 593 g/mol. The highest BCUT2D eigenvalue weighted by Crippen LogP contribution is 2.38. The van der Waals surface area contributed by atoms with Crippen molar-refractivity contribution >= 4 is 11.6 Å². The van der Waals surface area contributed by atoms with Gasteiger partial charge in [-0.25, -0.2) is 4.98 Å². The number of pyridine rings is 4. The van der Waals surface area contributed by atoms with E-state index in [4.69, 9.17) is 21.6 Å². The summed E-state index contributed by atoms with van der Waals surface area (Å²) in [4.78, 5) is 16.9. The summed E-state index contributed by atoms with van der Waals surface area (Å²) >= 11 is 5.93. The van der Waals surface area contributed by atoms with E-state index in [-0.39, 0.29) is 16.3 Å². The summed E-state index contributed by atoms with van der Waals surface area (Å²) in [6, 6.07) is 32.2. The fourth-order valence-electron chi connectivity index (χ4n) is 4.91. The second-order valence-corrected chi connectivity index (χ2v) is 10.9. The average Bonchev–Trinajstić information content (AvgIpc) is 3.01. The van der Waals surface area contributed by atoms with Crippen LogP contribution in [0.1, 0.15) is 25.2 Å². The van der Waals surface area contributed by atoms with Gasteiger partial charge in [-0.05, 0) is 84.6 Å². The second kappa shape index (κ2) is 11.4. The highest BCUT2D eigenvalue weighted by atomic mass is 35.5. The molecule has 0 fully saturated rings. The Kier molecular flexibility index (Phi) is 7.50. The highest BCUT2D eigenvalue weighted by Gasteiger charge is 2.30. The second-order valence-electron chi connectivity index (χ2n) is 10.6. The lowest BCUT2D eigenvalue weighted by molar-refractivity contribution is 0.514. The molecule has 6 aromatic rings. The van der Waals surface area contributed by atoms with E-state index >= 15 is 4.39 Å². The lowest BCUT2D eigenvalue weighted by Crippen LogP contribution is -2.23. The molecule has 0 atom stereocenters. The molecule has 0 N–H and O–H groups in total. The molecule has 6 rings (SSSR count). The Morgan fingerprint density at radius 1 is 0.512 bits per heavy atom. The molecule has 0 spiro atoms. The van der Waals surface area contributed by atoms with Crippen molar-refractivity contribution in [3.8, 4) is 44.8 Å². The molecule has 4 nitrogen and oxygen atoms in total. The molecule has 2 aromatic carbocycles. The van der Waals surface area contributed by atoms with Gasteiger partial charge in [-0.1, -0.05) is 72.3 Å². The number of aromatic nitrogens is 4. The summed E-state index contributed by atoms with van der Waals surface area (Å²) in [5.41, 5.74) is 4.64. The van der Waals surface area contributed by atoms with Crippen LogP contribution in [-0.2, 0) is 5.41 Å². The van der Waals surface area contributed by atoms with Gasteiger partial charge in [0.2, 0.25) is 17.8 Å². The molecule has 0 aliphatic carbocycles. The van der Waals surface area contributed by atoms with Crippen LogP contribution in [-0.4, -0.2) is 19.9 Å². The fraction of sp³-hybridized carbons (Fsp3) is 0.0857. The van der Waals surface area contributed by atoms with E-state index in [9.17, 15) is 8.78 Å². The lowest BCUT2D eigenvalue weighted by atomic mass is 9.82. The zero-order valence-corrected chi connectivity index (χ0v) is 23.9. The molecule has 8 heteroatoms. The number of hydrogen-bond donors (Lipinski definition) is 0. The van der Waals surface area contributed by atoms with E-state index in [0.717, 1.165) is 28.3 Å². The molecule has 0 saturated heterocycles. The Labute approximate surface area is 251 Å². The Balaban J connectivity index is 1.58. The number of hydrogen-bond acceptors (Lipinski definition) is 4. The molecule has 4 aromatic heterocycles. The van der Waals surface area contributed by atoms with E-state index < -0.39 is 23.3 Å². The van der Waals surface area contributed by atoms with Crippen LogP contribution in [0.2, 0.25) is 5.15 Å². The van der Waals surface area contributed by atoms with Crippen molar-refractivity contribution in [1.29, 1.82) is 0 Å². The first-order valence-corrected chi connectivity index (χ1v) is 13.9. The van der Waals surface area contributed by atoms with Gasteiger partial charge < -0.3 is 0 Å². The summed E-state index contributed by atoms with van der Waals surface area (Å²) in [5, 5.41) is 0.0398. The molecule has 0 unspecified atom stereocenters. The van der Waals surface area contributed by atoms with E-state index in [1.54, 1.807) is 12.1 Å². The highest BCUT2D eigenvalue weighted by molar-refractivity contribution is 6.29.